The normalized spacial score (nSPS) is 16.7. The summed E-state index contributed by atoms with van der Waals surface area (Å²) in [4.78, 5) is 15.0. The van der Waals surface area contributed by atoms with Gasteiger partial charge in [0.1, 0.15) is 17.1 Å². The van der Waals surface area contributed by atoms with E-state index < -0.39 is 0 Å². The van der Waals surface area contributed by atoms with Crippen LogP contribution in [0.2, 0.25) is 0 Å². The predicted molar refractivity (Wildman–Crippen MR) is 125 cm³/mol. The number of pyridine rings is 2. The molecule has 31 heavy (non-hydrogen) atoms. The van der Waals surface area contributed by atoms with E-state index in [1.54, 1.807) is 0 Å². The van der Waals surface area contributed by atoms with E-state index >= 15 is 0 Å². The lowest BCUT2D eigenvalue weighted by Gasteiger charge is -2.28. The molecule has 5 rings (SSSR count). The zero-order chi connectivity index (χ0) is 21.4. The summed E-state index contributed by atoms with van der Waals surface area (Å²) in [6.45, 7) is 7.15. The van der Waals surface area contributed by atoms with E-state index in [4.69, 9.17) is 9.72 Å². The molecule has 1 fully saturated rings. The van der Waals surface area contributed by atoms with Gasteiger partial charge in [-0.05, 0) is 68.5 Å². The second-order valence-electron chi connectivity index (χ2n) is 9.13. The summed E-state index contributed by atoms with van der Waals surface area (Å²) in [7, 11) is 0. The van der Waals surface area contributed by atoms with Gasteiger partial charge in [0.05, 0.1) is 6.04 Å². The van der Waals surface area contributed by atoms with Crippen molar-refractivity contribution in [1.29, 1.82) is 0 Å². The van der Waals surface area contributed by atoms with E-state index in [0.29, 0.717) is 11.9 Å². The molecule has 0 saturated carbocycles. The SMILES string of the molecule is CC(C)(C)Oc1cc(-c2ccnc3[nH]ccc23)cc(N2CCCC2c2ccccc2)n1. The zero-order valence-electron chi connectivity index (χ0n) is 18.3. The average Bonchev–Trinajstić information content (AvgIpc) is 3.42. The largest absolute Gasteiger partial charge is 0.472 e. The Balaban J connectivity index is 1.62. The zero-order valence-corrected chi connectivity index (χ0v) is 18.3. The lowest BCUT2D eigenvalue weighted by Crippen LogP contribution is -2.26. The summed E-state index contributed by atoms with van der Waals surface area (Å²) in [5.74, 6) is 1.61. The maximum Gasteiger partial charge on any atom is 0.216 e. The number of hydrogen-bond acceptors (Lipinski definition) is 4. The van der Waals surface area contributed by atoms with Crippen LogP contribution in [0.15, 0.2) is 67.0 Å². The highest BCUT2D eigenvalue weighted by atomic mass is 16.5. The Morgan fingerprint density at radius 3 is 2.71 bits per heavy atom. The number of H-pyrrole nitrogens is 1. The highest BCUT2D eigenvalue weighted by Gasteiger charge is 2.28. The molecule has 1 aromatic carbocycles. The molecular weight excluding hydrogens is 384 g/mol. The smallest absolute Gasteiger partial charge is 0.216 e. The molecule has 0 aliphatic carbocycles. The molecule has 1 N–H and O–H groups in total. The van der Waals surface area contributed by atoms with Gasteiger partial charge in [0.2, 0.25) is 5.88 Å². The molecule has 0 radical (unpaired) electrons. The van der Waals surface area contributed by atoms with Crippen molar-refractivity contribution in [3.05, 3.63) is 72.6 Å². The van der Waals surface area contributed by atoms with Crippen molar-refractivity contribution >= 4 is 16.9 Å². The molecule has 4 aromatic rings. The second kappa shape index (κ2) is 7.73. The average molecular weight is 413 g/mol. The highest BCUT2D eigenvalue weighted by Crippen LogP contribution is 2.39. The maximum atomic E-state index is 6.24. The third-order valence-electron chi connectivity index (χ3n) is 5.70. The van der Waals surface area contributed by atoms with Crippen LogP contribution in [0.25, 0.3) is 22.2 Å². The number of aromatic amines is 1. The van der Waals surface area contributed by atoms with Gasteiger partial charge in [-0.25, -0.2) is 4.98 Å². The third-order valence-corrected chi connectivity index (χ3v) is 5.70. The van der Waals surface area contributed by atoms with Crippen LogP contribution in [-0.2, 0) is 0 Å². The number of nitrogens with zero attached hydrogens (tertiary/aromatic N) is 3. The fraction of sp³-hybridized carbons (Fsp3) is 0.308. The highest BCUT2D eigenvalue weighted by molar-refractivity contribution is 5.93. The number of nitrogens with one attached hydrogen (secondary N) is 1. The molecule has 0 spiro atoms. The minimum Gasteiger partial charge on any atom is -0.472 e. The number of ether oxygens (including phenoxy) is 1. The number of anilines is 1. The van der Waals surface area contributed by atoms with Crippen molar-refractivity contribution < 1.29 is 4.74 Å². The number of hydrogen-bond donors (Lipinski definition) is 1. The third kappa shape index (κ3) is 4.00. The van der Waals surface area contributed by atoms with Crippen LogP contribution in [0, 0.1) is 0 Å². The molecule has 4 heterocycles. The number of fused-ring (bicyclic) bond motifs is 1. The Labute approximate surface area is 183 Å². The molecule has 3 aromatic heterocycles. The summed E-state index contributed by atoms with van der Waals surface area (Å²) >= 11 is 0. The number of aromatic nitrogens is 3. The van der Waals surface area contributed by atoms with Gasteiger partial charge >= 0.3 is 0 Å². The standard InChI is InChI=1S/C26H28N4O/c1-26(2,3)31-24-17-19(20-11-13-27-25-21(20)12-14-28-25)16-23(29-24)30-15-7-10-22(30)18-8-5-4-6-9-18/h4-6,8-9,11-14,16-17,22H,7,10,15H2,1-3H3,(H,27,28). The van der Waals surface area contributed by atoms with E-state index in [9.17, 15) is 0 Å². The van der Waals surface area contributed by atoms with Crippen LogP contribution in [-0.4, -0.2) is 27.1 Å². The summed E-state index contributed by atoms with van der Waals surface area (Å²) in [6.07, 6.45) is 6.06. The lowest BCUT2D eigenvalue weighted by molar-refractivity contribution is 0.124. The van der Waals surface area contributed by atoms with Crippen molar-refractivity contribution in [1.82, 2.24) is 15.0 Å². The number of benzene rings is 1. The van der Waals surface area contributed by atoms with Crippen LogP contribution in [0.3, 0.4) is 0 Å². The van der Waals surface area contributed by atoms with Gasteiger partial charge in [-0.15, -0.1) is 0 Å². The van der Waals surface area contributed by atoms with Gasteiger partial charge in [-0.1, -0.05) is 30.3 Å². The van der Waals surface area contributed by atoms with Crippen LogP contribution in [0.4, 0.5) is 5.82 Å². The first-order chi connectivity index (χ1) is 15.0. The quantitative estimate of drug-likeness (QED) is 0.437. The molecule has 1 saturated heterocycles. The van der Waals surface area contributed by atoms with E-state index in [1.807, 2.05) is 18.5 Å². The van der Waals surface area contributed by atoms with Gasteiger partial charge in [-0.2, -0.15) is 4.98 Å². The molecule has 0 bridgehead atoms. The van der Waals surface area contributed by atoms with Gasteiger partial charge in [0.15, 0.2) is 0 Å². The first-order valence-electron chi connectivity index (χ1n) is 10.9. The van der Waals surface area contributed by atoms with E-state index in [0.717, 1.165) is 47.4 Å². The van der Waals surface area contributed by atoms with Crippen LogP contribution >= 0.6 is 0 Å². The van der Waals surface area contributed by atoms with E-state index in [1.165, 1.54) is 5.56 Å². The van der Waals surface area contributed by atoms with Gasteiger partial charge in [0.25, 0.3) is 0 Å². The minimum absolute atomic E-state index is 0.325. The lowest BCUT2D eigenvalue weighted by atomic mass is 10.0. The van der Waals surface area contributed by atoms with Crippen molar-refractivity contribution in [3.8, 4) is 17.0 Å². The van der Waals surface area contributed by atoms with Gasteiger partial charge < -0.3 is 14.6 Å². The molecule has 1 unspecified atom stereocenters. The molecule has 158 valence electrons. The second-order valence-corrected chi connectivity index (χ2v) is 9.13. The van der Waals surface area contributed by atoms with Crippen LogP contribution < -0.4 is 9.64 Å². The molecule has 0 amide bonds. The molecule has 1 aliphatic rings. The number of rotatable bonds is 4. The fourth-order valence-corrected chi connectivity index (χ4v) is 4.44. The van der Waals surface area contributed by atoms with Crippen LogP contribution in [0.1, 0.15) is 45.2 Å². The maximum absolute atomic E-state index is 6.24. The molecular formula is C26H28N4O. The first kappa shape index (κ1) is 19.6. The summed E-state index contributed by atoms with van der Waals surface area (Å²) < 4.78 is 6.24. The predicted octanol–water partition coefficient (Wildman–Crippen LogP) is 6.14. The Morgan fingerprint density at radius 2 is 1.90 bits per heavy atom. The Bertz CT molecular complexity index is 1190. The Kier molecular flexibility index (Phi) is 4.89. The van der Waals surface area contributed by atoms with E-state index in [2.05, 4.69) is 84.2 Å². The summed E-state index contributed by atoms with van der Waals surface area (Å²) in [5, 5.41) is 1.10. The van der Waals surface area contributed by atoms with Crippen molar-refractivity contribution in [2.75, 3.05) is 11.4 Å². The monoisotopic (exact) mass is 412 g/mol. The van der Waals surface area contributed by atoms with Crippen molar-refractivity contribution in [3.63, 3.8) is 0 Å². The van der Waals surface area contributed by atoms with Gasteiger partial charge in [0, 0.05) is 30.4 Å². The van der Waals surface area contributed by atoms with E-state index in [-0.39, 0.29) is 5.60 Å². The molecule has 1 atom stereocenters. The van der Waals surface area contributed by atoms with Crippen LogP contribution in [0.5, 0.6) is 5.88 Å². The summed E-state index contributed by atoms with van der Waals surface area (Å²) in [5.41, 5.74) is 4.12. The Hall–Kier alpha value is -3.34. The molecule has 5 heteroatoms. The topological polar surface area (TPSA) is 54.0 Å². The molecule has 1 aliphatic heterocycles. The summed E-state index contributed by atoms with van der Waals surface area (Å²) in [6, 6.07) is 19.4. The molecule has 5 nitrogen and oxygen atoms in total. The van der Waals surface area contributed by atoms with Crippen molar-refractivity contribution in [2.45, 2.75) is 45.3 Å². The Morgan fingerprint density at radius 1 is 1.06 bits per heavy atom. The van der Waals surface area contributed by atoms with Crippen molar-refractivity contribution in [2.24, 2.45) is 0 Å². The minimum atomic E-state index is -0.325. The fourth-order valence-electron chi connectivity index (χ4n) is 4.44. The van der Waals surface area contributed by atoms with Gasteiger partial charge in [-0.3, -0.25) is 0 Å². The first-order valence-corrected chi connectivity index (χ1v) is 10.9.